The Morgan fingerprint density at radius 1 is 1.05 bits per heavy atom. The molecule has 1 aliphatic heterocycles. The van der Waals surface area contributed by atoms with Gasteiger partial charge in [-0.3, -0.25) is 14.5 Å². The molecular weight excluding hydrogens is 278 g/mol. The minimum Gasteiger partial charge on any atom is -0.508 e. The van der Waals surface area contributed by atoms with Crippen LogP contribution in [0.4, 0.5) is 0 Å². The summed E-state index contributed by atoms with van der Waals surface area (Å²) in [6.45, 7) is 1.89. The van der Waals surface area contributed by atoms with E-state index in [1.54, 1.807) is 42.5 Å². The lowest BCUT2D eigenvalue weighted by Gasteiger charge is -2.08. The summed E-state index contributed by atoms with van der Waals surface area (Å²) in [4.78, 5) is 25.5. The second-order valence-electron chi connectivity index (χ2n) is 5.04. The van der Waals surface area contributed by atoms with Crippen molar-refractivity contribution in [2.24, 2.45) is 0 Å². The summed E-state index contributed by atoms with van der Waals surface area (Å²) in [6.07, 6.45) is 0. The molecule has 0 bridgehead atoms. The lowest BCUT2D eigenvalue weighted by molar-refractivity contribution is 0.0675. The van der Waals surface area contributed by atoms with Crippen LogP contribution in [0.2, 0.25) is 0 Å². The molecule has 0 spiro atoms. The number of fused-ring (bicyclic) bond motifs is 1. The van der Waals surface area contributed by atoms with Crippen LogP contribution in [0.3, 0.4) is 0 Å². The highest BCUT2D eigenvalue weighted by molar-refractivity contribution is 6.21. The van der Waals surface area contributed by atoms with Gasteiger partial charge in [-0.2, -0.15) is 0 Å². The van der Waals surface area contributed by atoms with Crippen molar-refractivity contribution in [3.8, 4) is 17.6 Å². The smallest absolute Gasteiger partial charge is 0.262 e. The Morgan fingerprint density at radius 2 is 1.68 bits per heavy atom. The number of phenolic OH excluding ortho intramolecular Hbond substituents is 1. The third-order valence-corrected chi connectivity index (χ3v) is 3.55. The van der Waals surface area contributed by atoms with Crippen molar-refractivity contribution in [1.29, 1.82) is 0 Å². The van der Waals surface area contributed by atoms with E-state index in [9.17, 15) is 14.7 Å². The van der Waals surface area contributed by atoms with Crippen LogP contribution in [0, 0.1) is 18.8 Å². The van der Waals surface area contributed by atoms with Gasteiger partial charge >= 0.3 is 0 Å². The molecule has 0 atom stereocenters. The number of imide groups is 1. The molecule has 2 amide bonds. The minimum absolute atomic E-state index is 0.0483. The molecule has 108 valence electrons. The van der Waals surface area contributed by atoms with Gasteiger partial charge in [-0.1, -0.05) is 24.0 Å². The summed E-state index contributed by atoms with van der Waals surface area (Å²) in [5.41, 5.74) is 2.45. The van der Waals surface area contributed by atoms with Gasteiger partial charge in [0.1, 0.15) is 5.75 Å². The van der Waals surface area contributed by atoms with E-state index < -0.39 is 0 Å². The Labute approximate surface area is 128 Å². The number of hydrogen-bond acceptors (Lipinski definition) is 3. The van der Waals surface area contributed by atoms with Crippen molar-refractivity contribution >= 4 is 11.8 Å². The molecule has 1 aliphatic rings. The summed E-state index contributed by atoms with van der Waals surface area (Å²) in [5, 5.41) is 9.36. The van der Waals surface area contributed by atoms with Crippen molar-refractivity contribution in [3.05, 3.63) is 64.7 Å². The van der Waals surface area contributed by atoms with E-state index in [1.807, 2.05) is 6.92 Å². The van der Waals surface area contributed by atoms with Crippen LogP contribution in [0.5, 0.6) is 5.75 Å². The van der Waals surface area contributed by atoms with Crippen LogP contribution >= 0.6 is 0 Å². The van der Waals surface area contributed by atoms with E-state index in [1.165, 1.54) is 0 Å². The average molecular weight is 291 g/mol. The molecule has 0 fully saturated rings. The highest BCUT2D eigenvalue weighted by atomic mass is 16.3. The van der Waals surface area contributed by atoms with Crippen molar-refractivity contribution in [2.45, 2.75) is 6.92 Å². The van der Waals surface area contributed by atoms with E-state index in [-0.39, 0.29) is 24.1 Å². The number of aromatic hydroxyl groups is 1. The van der Waals surface area contributed by atoms with Gasteiger partial charge in [0, 0.05) is 5.56 Å². The zero-order chi connectivity index (χ0) is 15.7. The first-order valence-electron chi connectivity index (χ1n) is 6.81. The first kappa shape index (κ1) is 13.9. The molecule has 0 saturated heterocycles. The second-order valence-corrected chi connectivity index (χ2v) is 5.04. The highest BCUT2D eigenvalue weighted by Gasteiger charge is 2.34. The van der Waals surface area contributed by atoms with Crippen LogP contribution in [0.15, 0.2) is 42.5 Å². The molecule has 4 heteroatoms. The van der Waals surface area contributed by atoms with Gasteiger partial charge in [-0.25, -0.2) is 0 Å². The third-order valence-electron chi connectivity index (χ3n) is 3.55. The summed E-state index contributed by atoms with van der Waals surface area (Å²) >= 11 is 0. The van der Waals surface area contributed by atoms with E-state index in [4.69, 9.17) is 0 Å². The lowest BCUT2D eigenvalue weighted by Crippen LogP contribution is -2.30. The minimum atomic E-state index is -0.308. The quantitative estimate of drug-likeness (QED) is 0.648. The van der Waals surface area contributed by atoms with Gasteiger partial charge in [-0.05, 0) is 42.8 Å². The van der Waals surface area contributed by atoms with Crippen LogP contribution < -0.4 is 0 Å². The maximum Gasteiger partial charge on any atom is 0.262 e. The first-order valence-corrected chi connectivity index (χ1v) is 6.81. The number of nitrogens with zero attached hydrogens (tertiary/aromatic N) is 1. The lowest BCUT2D eigenvalue weighted by atomic mass is 10.1. The number of hydrogen-bond donors (Lipinski definition) is 1. The monoisotopic (exact) mass is 291 g/mol. The number of phenols is 1. The predicted molar refractivity (Wildman–Crippen MR) is 81.5 cm³/mol. The van der Waals surface area contributed by atoms with Gasteiger partial charge in [-0.15, -0.1) is 0 Å². The molecule has 4 nitrogen and oxygen atoms in total. The predicted octanol–water partition coefficient (Wildman–Crippen LogP) is 2.35. The van der Waals surface area contributed by atoms with Crippen LogP contribution in [0.1, 0.15) is 31.8 Å². The van der Waals surface area contributed by atoms with E-state index in [0.717, 1.165) is 16.0 Å². The van der Waals surface area contributed by atoms with Crippen LogP contribution in [0.25, 0.3) is 0 Å². The molecule has 0 saturated carbocycles. The number of aryl methyl sites for hydroxylation is 1. The molecule has 0 radical (unpaired) electrons. The van der Waals surface area contributed by atoms with Crippen LogP contribution in [-0.2, 0) is 0 Å². The fourth-order valence-corrected chi connectivity index (χ4v) is 2.38. The number of benzene rings is 2. The van der Waals surface area contributed by atoms with Crippen molar-refractivity contribution in [2.75, 3.05) is 6.54 Å². The Bertz CT molecular complexity index is 808. The van der Waals surface area contributed by atoms with Gasteiger partial charge in [0.05, 0.1) is 17.7 Å². The second kappa shape index (κ2) is 5.38. The van der Waals surface area contributed by atoms with Crippen molar-refractivity contribution in [1.82, 2.24) is 4.90 Å². The highest BCUT2D eigenvalue weighted by Crippen LogP contribution is 2.21. The molecule has 2 aromatic carbocycles. The van der Waals surface area contributed by atoms with Gasteiger partial charge in [0.25, 0.3) is 11.8 Å². The summed E-state index contributed by atoms with van der Waals surface area (Å²) in [6, 6.07) is 11.6. The number of carbonyl (C=O) groups is 2. The Hall–Kier alpha value is -3.06. The zero-order valence-electron chi connectivity index (χ0n) is 12.0. The number of amides is 2. The SMILES string of the molecule is Cc1cc(O)ccc1C#CCN1C(=O)c2ccccc2C1=O. The van der Waals surface area contributed by atoms with E-state index in [2.05, 4.69) is 11.8 Å². The standard InChI is InChI=1S/C18H13NO3/c1-12-11-14(20)9-8-13(12)5-4-10-19-17(21)15-6-2-3-7-16(15)18(19)22/h2-3,6-9,11,20H,10H2,1H3. The first-order chi connectivity index (χ1) is 10.6. The van der Waals surface area contributed by atoms with Crippen LogP contribution in [-0.4, -0.2) is 28.4 Å². The Balaban J connectivity index is 1.80. The largest absolute Gasteiger partial charge is 0.508 e. The van der Waals surface area contributed by atoms with Gasteiger partial charge < -0.3 is 5.11 Å². The number of carbonyl (C=O) groups excluding carboxylic acids is 2. The van der Waals surface area contributed by atoms with Gasteiger partial charge in [0.15, 0.2) is 0 Å². The maximum absolute atomic E-state index is 12.2. The number of rotatable bonds is 1. The molecule has 0 unspecified atom stereocenters. The molecule has 1 heterocycles. The zero-order valence-corrected chi connectivity index (χ0v) is 12.0. The van der Waals surface area contributed by atoms with E-state index >= 15 is 0 Å². The molecule has 22 heavy (non-hydrogen) atoms. The molecular formula is C18H13NO3. The van der Waals surface area contributed by atoms with Gasteiger partial charge in [0.2, 0.25) is 0 Å². The molecule has 2 aromatic rings. The summed E-state index contributed by atoms with van der Waals surface area (Å²) < 4.78 is 0. The summed E-state index contributed by atoms with van der Waals surface area (Å²) in [5.74, 6) is 5.35. The van der Waals surface area contributed by atoms with Crippen molar-refractivity contribution < 1.29 is 14.7 Å². The van der Waals surface area contributed by atoms with E-state index in [0.29, 0.717) is 11.1 Å². The Kier molecular flexibility index (Phi) is 3.40. The third kappa shape index (κ3) is 2.33. The topological polar surface area (TPSA) is 57.6 Å². The summed E-state index contributed by atoms with van der Waals surface area (Å²) in [7, 11) is 0. The fraction of sp³-hybridized carbons (Fsp3) is 0.111. The molecule has 0 aromatic heterocycles. The normalized spacial score (nSPS) is 12.9. The fourth-order valence-electron chi connectivity index (χ4n) is 2.38. The molecule has 1 N–H and O–H groups in total. The molecule has 3 rings (SSSR count). The van der Waals surface area contributed by atoms with Crippen molar-refractivity contribution in [3.63, 3.8) is 0 Å². The Morgan fingerprint density at radius 3 is 2.27 bits per heavy atom. The average Bonchev–Trinajstić information content (AvgIpc) is 2.75. The molecule has 0 aliphatic carbocycles. The maximum atomic E-state index is 12.2.